The van der Waals surface area contributed by atoms with Crippen molar-refractivity contribution in [2.75, 3.05) is 26.9 Å². The molecule has 34 heavy (non-hydrogen) atoms. The van der Waals surface area contributed by atoms with E-state index >= 15 is 0 Å². The Labute approximate surface area is 199 Å². The van der Waals surface area contributed by atoms with Gasteiger partial charge < -0.3 is 25.2 Å². The average Bonchev–Trinajstić information content (AvgIpc) is 3.13. The van der Waals surface area contributed by atoms with Crippen LogP contribution < -0.4 is 10.6 Å². The highest BCUT2D eigenvalue weighted by Crippen LogP contribution is 2.44. The first-order valence-corrected chi connectivity index (χ1v) is 11.5. The van der Waals surface area contributed by atoms with Gasteiger partial charge in [0.1, 0.15) is 12.1 Å². The maximum Gasteiger partial charge on any atom is 0.408 e. The first kappa shape index (κ1) is 25.2. The molecule has 8 nitrogen and oxygen atoms in total. The fourth-order valence-corrected chi connectivity index (χ4v) is 4.28. The highest BCUT2D eigenvalue weighted by molar-refractivity contribution is 5.89. The predicted octanol–water partition coefficient (Wildman–Crippen LogP) is 3.69. The monoisotopic (exact) mass is 468 g/mol. The number of rotatable bonds is 12. The number of benzene rings is 2. The average molecular weight is 469 g/mol. The summed E-state index contributed by atoms with van der Waals surface area (Å²) in [5.41, 5.74) is 3.19. The summed E-state index contributed by atoms with van der Waals surface area (Å²) in [7, 11) is 1.46. The summed E-state index contributed by atoms with van der Waals surface area (Å²) >= 11 is 0. The van der Waals surface area contributed by atoms with Gasteiger partial charge in [-0.2, -0.15) is 0 Å². The topological polar surface area (TPSA) is 114 Å². The first-order valence-electron chi connectivity index (χ1n) is 11.5. The van der Waals surface area contributed by atoms with Crippen LogP contribution in [0.15, 0.2) is 48.5 Å². The van der Waals surface area contributed by atoms with Gasteiger partial charge >= 0.3 is 12.1 Å². The minimum atomic E-state index is -1.31. The highest BCUT2D eigenvalue weighted by Gasteiger charge is 2.36. The van der Waals surface area contributed by atoms with Crippen LogP contribution in [0.5, 0.6) is 0 Å². The number of ether oxygens (including phenoxy) is 2. The Morgan fingerprint density at radius 3 is 2.18 bits per heavy atom. The van der Waals surface area contributed by atoms with Gasteiger partial charge in [0.05, 0.1) is 6.61 Å². The van der Waals surface area contributed by atoms with Crippen LogP contribution >= 0.6 is 0 Å². The van der Waals surface area contributed by atoms with Crippen molar-refractivity contribution >= 4 is 18.0 Å². The molecule has 8 heteroatoms. The Bertz CT molecular complexity index is 978. The maximum atomic E-state index is 12.8. The molecule has 0 saturated heterocycles. The standard InChI is InChI=1S/C26H32N2O6/c1-26(17-33-2,24(31)27-15-9-3-4-14-23(29)30)28-25(32)34-16-22-20-12-7-5-10-18(20)19-11-6-8-13-21(19)22/h5-8,10-13,22H,3-4,9,14-17H2,1-2H3,(H,27,31)(H,28,32)(H,29,30). The maximum absolute atomic E-state index is 12.8. The van der Waals surface area contributed by atoms with Crippen molar-refractivity contribution in [1.29, 1.82) is 0 Å². The summed E-state index contributed by atoms with van der Waals surface area (Å²) in [5, 5.41) is 14.1. The first-order chi connectivity index (χ1) is 16.4. The molecule has 0 radical (unpaired) electrons. The number of amides is 2. The number of methoxy groups -OCH3 is 1. The summed E-state index contributed by atoms with van der Waals surface area (Å²) < 4.78 is 10.7. The van der Waals surface area contributed by atoms with Gasteiger partial charge in [-0.05, 0) is 42.0 Å². The number of nitrogens with one attached hydrogen (secondary N) is 2. The van der Waals surface area contributed by atoms with Gasteiger partial charge in [-0.1, -0.05) is 55.0 Å². The third-order valence-corrected chi connectivity index (χ3v) is 6.01. The van der Waals surface area contributed by atoms with Crippen LogP contribution in [0.4, 0.5) is 4.79 Å². The van der Waals surface area contributed by atoms with Crippen molar-refractivity contribution in [1.82, 2.24) is 10.6 Å². The number of carboxylic acids is 1. The van der Waals surface area contributed by atoms with E-state index in [0.29, 0.717) is 25.8 Å². The van der Waals surface area contributed by atoms with E-state index in [2.05, 4.69) is 22.8 Å². The molecule has 1 aliphatic rings. The smallest absolute Gasteiger partial charge is 0.408 e. The quantitative estimate of drug-likeness (QED) is 0.410. The second-order valence-corrected chi connectivity index (χ2v) is 8.68. The van der Waals surface area contributed by atoms with Crippen molar-refractivity contribution in [2.45, 2.75) is 44.1 Å². The normalized spacial score (nSPS) is 13.9. The van der Waals surface area contributed by atoms with E-state index in [1.807, 2.05) is 36.4 Å². The number of fused-ring (bicyclic) bond motifs is 3. The molecular formula is C26H32N2O6. The van der Waals surface area contributed by atoms with E-state index in [1.165, 1.54) is 7.11 Å². The minimum absolute atomic E-state index is 0.0258. The van der Waals surface area contributed by atoms with Gasteiger partial charge in [-0.3, -0.25) is 9.59 Å². The van der Waals surface area contributed by atoms with Crippen molar-refractivity contribution in [3.8, 4) is 11.1 Å². The summed E-state index contributed by atoms with van der Waals surface area (Å²) in [6.45, 7) is 2.08. The largest absolute Gasteiger partial charge is 0.481 e. The molecule has 2 aromatic rings. The van der Waals surface area contributed by atoms with E-state index in [0.717, 1.165) is 22.3 Å². The number of carboxylic acid groups (broad SMARTS) is 1. The van der Waals surface area contributed by atoms with E-state index in [4.69, 9.17) is 14.6 Å². The van der Waals surface area contributed by atoms with Gasteiger partial charge in [0.2, 0.25) is 5.91 Å². The molecule has 1 atom stereocenters. The summed E-state index contributed by atoms with van der Waals surface area (Å²) in [5.74, 6) is -1.29. The molecule has 0 spiro atoms. The molecule has 182 valence electrons. The van der Waals surface area contributed by atoms with E-state index in [1.54, 1.807) is 6.92 Å². The lowest BCUT2D eigenvalue weighted by atomic mass is 9.98. The molecule has 3 rings (SSSR count). The molecular weight excluding hydrogens is 436 g/mol. The van der Waals surface area contributed by atoms with Crippen molar-refractivity contribution in [3.63, 3.8) is 0 Å². The molecule has 0 aromatic heterocycles. The number of carbonyl (C=O) groups is 3. The SMILES string of the molecule is COCC(C)(NC(=O)OCC1c2ccccc2-c2ccccc21)C(=O)NCCCCCC(=O)O. The fraction of sp³-hybridized carbons (Fsp3) is 0.423. The van der Waals surface area contributed by atoms with Crippen LogP contribution in [0.25, 0.3) is 11.1 Å². The Morgan fingerprint density at radius 2 is 1.59 bits per heavy atom. The van der Waals surface area contributed by atoms with Crippen LogP contribution in [0.3, 0.4) is 0 Å². The zero-order valence-electron chi connectivity index (χ0n) is 19.6. The molecule has 0 heterocycles. The Morgan fingerprint density at radius 1 is 0.971 bits per heavy atom. The molecule has 2 aromatic carbocycles. The number of hydrogen-bond acceptors (Lipinski definition) is 5. The zero-order valence-corrected chi connectivity index (χ0v) is 19.6. The summed E-state index contributed by atoms with van der Waals surface area (Å²) in [6.07, 6.45) is 1.30. The summed E-state index contributed by atoms with van der Waals surface area (Å²) in [4.78, 5) is 36.0. The molecule has 3 N–H and O–H groups in total. The lowest BCUT2D eigenvalue weighted by Gasteiger charge is -2.28. The molecule has 0 fully saturated rings. The third-order valence-electron chi connectivity index (χ3n) is 6.01. The van der Waals surface area contributed by atoms with Crippen LogP contribution in [0.2, 0.25) is 0 Å². The Kier molecular flexibility index (Phi) is 8.65. The number of hydrogen-bond donors (Lipinski definition) is 3. The zero-order chi connectivity index (χ0) is 24.6. The second kappa shape index (κ2) is 11.7. The lowest BCUT2D eigenvalue weighted by molar-refractivity contribution is -0.137. The lowest BCUT2D eigenvalue weighted by Crippen LogP contribution is -2.59. The van der Waals surface area contributed by atoms with E-state index < -0.39 is 17.6 Å². The van der Waals surface area contributed by atoms with Crippen molar-refractivity contribution < 1.29 is 29.0 Å². The van der Waals surface area contributed by atoms with Gasteiger partial charge in [-0.25, -0.2) is 4.79 Å². The molecule has 0 saturated carbocycles. The summed E-state index contributed by atoms with van der Waals surface area (Å²) in [6, 6.07) is 16.1. The van der Waals surface area contributed by atoms with Crippen LogP contribution in [0.1, 0.15) is 49.7 Å². The molecule has 1 unspecified atom stereocenters. The second-order valence-electron chi connectivity index (χ2n) is 8.68. The van der Waals surface area contributed by atoms with Gasteiger partial charge in [0, 0.05) is 26.0 Å². The Hall–Kier alpha value is -3.39. The highest BCUT2D eigenvalue weighted by atomic mass is 16.5. The van der Waals surface area contributed by atoms with Crippen molar-refractivity contribution in [3.05, 3.63) is 59.7 Å². The fourth-order valence-electron chi connectivity index (χ4n) is 4.28. The van der Waals surface area contributed by atoms with E-state index in [-0.39, 0.29) is 31.5 Å². The van der Waals surface area contributed by atoms with Gasteiger partial charge in [0.25, 0.3) is 0 Å². The van der Waals surface area contributed by atoms with Crippen LogP contribution in [-0.2, 0) is 19.1 Å². The van der Waals surface area contributed by atoms with Crippen LogP contribution in [-0.4, -0.2) is 55.5 Å². The number of unbranched alkanes of at least 4 members (excludes halogenated alkanes) is 2. The predicted molar refractivity (Wildman–Crippen MR) is 128 cm³/mol. The molecule has 0 bridgehead atoms. The van der Waals surface area contributed by atoms with E-state index in [9.17, 15) is 14.4 Å². The molecule has 0 aliphatic heterocycles. The Balaban J connectivity index is 1.55. The van der Waals surface area contributed by atoms with Gasteiger partial charge in [0.15, 0.2) is 0 Å². The number of aliphatic carboxylic acids is 1. The molecule has 1 aliphatic carbocycles. The van der Waals surface area contributed by atoms with Gasteiger partial charge in [-0.15, -0.1) is 0 Å². The van der Waals surface area contributed by atoms with Crippen LogP contribution in [0, 0.1) is 0 Å². The number of alkyl carbamates (subject to hydrolysis) is 1. The van der Waals surface area contributed by atoms with Crippen molar-refractivity contribution in [2.24, 2.45) is 0 Å². The third kappa shape index (κ3) is 6.14. The molecule has 2 amide bonds. The number of carbonyl (C=O) groups excluding carboxylic acids is 2. The minimum Gasteiger partial charge on any atom is -0.481 e.